The van der Waals surface area contributed by atoms with Gasteiger partial charge in [0, 0.05) is 60.8 Å². The standard InChI is InChI=1S/C37H40N8O/c1-23(46)43(2)30-21-28-13-14-29(22-30)44(28)27-7-3-6-24(20-27)32-15-16-33-36(41-32)45(35(42-33)31-8-4-19-40-34(31)38)26-11-9-25(10-12-26)37(39)17-5-18-37/h3-4,6-12,15-16,19-20,28-30H,5,13-14,17-18,21-22,39H2,1-2H3,(H2,38,40)/t28-,29+,30-. The van der Waals surface area contributed by atoms with Crippen LogP contribution >= 0.6 is 0 Å². The zero-order valence-electron chi connectivity index (χ0n) is 26.4. The number of anilines is 2. The van der Waals surface area contributed by atoms with Crippen LogP contribution in [0.4, 0.5) is 11.5 Å². The fourth-order valence-electron chi connectivity index (χ4n) is 7.91. The highest BCUT2D eigenvalue weighted by Crippen LogP contribution is 2.42. The first-order chi connectivity index (χ1) is 22.3. The lowest BCUT2D eigenvalue weighted by Crippen LogP contribution is -2.50. The normalized spacial score (nSPS) is 21.7. The summed E-state index contributed by atoms with van der Waals surface area (Å²) < 4.78 is 2.08. The van der Waals surface area contributed by atoms with Gasteiger partial charge in [-0.1, -0.05) is 24.3 Å². The minimum absolute atomic E-state index is 0.146. The highest BCUT2D eigenvalue weighted by molar-refractivity contribution is 5.85. The van der Waals surface area contributed by atoms with Gasteiger partial charge in [-0.3, -0.25) is 9.36 Å². The first-order valence-electron chi connectivity index (χ1n) is 16.4. The van der Waals surface area contributed by atoms with E-state index in [1.807, 2.05) is 30.1 Å². The van der Waals surface area contributed by atoms with Crippen molar-refractivity contribution < 1.29 is 4.79 Å². The zero-order valence-corrected chi connectivity index (χ0v) is 26.4. The summed E-state index contributed by atoms with van der Waals surface area (Å²) in [5.41, 5.74) is 20.4. The number of nitrogens with zero attached hydrogens (tertiary/aromatic N) is 6. The average Bonchev–Trinajstić information content (AvgIpc) is 3.56. The lowest BCUT2D eigenvalue weighted by Gasteiger charge is -2.43. The monoisotopic (exact) mass is 612 g/mol. The molecule has 0 spiro atoms. The molecule has 8 rings (SSSR count). The van der Waals surface area contributed by atoms with Gasteiger partial charge in [-0.25, -0.2) is 15.0 Å². The maximum absolute atomic E-state index is 12.1. The summed E-state index contributed by atoms with van der Waals surface area (Å²) in [6.07, 6.45) is 9.21. The van der Waals surface area contributed by atoms with Crippen LogP contribution in [0.1, 0.15) is 57.4 Å². The van der Waals surface area contributed by atoms with Crippen molar-refractivity contribution in [3.8, 4) is 28.3 Å². The van der Waals surface area contributed by atoms with Gasteiger partial charge in [-0.05, 0) is 99.0 Å². The SMILES string of the molecule is CC(=O)N(C)[C@@H]1C[C@H]2CC[C@@H](C1)N2c1cccc(-c2ccc3nc(-c4cccnc4N)n(-c4ccc(C5(N)CCC5)cc4)c3n2)c1. The molecule has 9 nitrogen and oxygen atoms in total. The number of aromatic nitrogens is 4. The minimum Gasteiger partial charge on any atom is -0.383 e. The molecule has 0 unspecified atom stereocenters. The number of carbonyl (C=O) groups is 1. The molecule has 234 valence electrons. The van der Waals surface area contributed by atoms with E-state index in [1.54, 1.807) is 13.1 Å². The van der Waals surface area contributed by atoms with Crippen molar-refractivity contribution in [3.63, 3.8) is 0 Å². The quantitative estimate of drug-likeness (QED) is 0.240. The van der Waals surface area contributed by atoms with Gasteiger partial charge in [0.25, 0.3) is 0 Å². The number of nitrogen functional groups attached to an aromatic ring is 1. The number of amides is 1. The lowest BCUT2D eigenvalue weighted by molar-refractivity contribution is -0.130. The van der Waals surface area contributed by atoms with Crippen LogP contribution in [0, 0.1) is 0 Å². The van der Waals surface area contributed by atoms with Crippen molar-refractivity contribution in [2.45, 2.75) is 75.5 Å². The second-order valence-electron chi connectivity index (χ2n) is 13.4. The van der Waals surface area contributed by atoms with E-state index < -0.39 is 0 Å². The summed E-state index contributed by atoms with van der Waals surface area (Å²) in [5.74, 6) is 1.27. The largest absolute Gasteiger partial charge is 0.383 e. The smallest absolute Gasteiger partial charge is 0.219 e. The summed E-state index contributed by atoms with van der Waals surface area (Å²) in [6, 6.07) is 26.3. The second-order valence-corrected chi connectivity index (χ2v) is 13.4. The van der Waals surface area contributed by atoms with E-state index in [0.717, 1.165) is 77.8 Å². The molecule has 2 aromatic carbocycles. The third-order valence-electron chi connectivity index (χ3n) is 10.7. The van der Waals surface area contributed by atoms with Crippen LogP contribution in [0.3, 0.4) is 0 Å². The lowest BCUT2D eigenvalue weighted by atomic mass is 9.73. The Hall–Kier alpha value is -4.76. The summed E-state index contributed by atoms with van der Waals surface area (Å²) in [4.78, 5) is 31.2. The van der Waals surface area contributed by atoms with Crippen molar-refractivity contribution in [1.29, 1.82) is 0 Å². The molecule has 9 heteroatoms. The molecule has 2 bridgehead atoms. The number of carbonyl (C=O) groups excluding carboxylic acids is 1. The summed E-state index contributed by atoms with van der Waals surface area (Å²) in [7, 11) is 1.95. The Morgan fingerprint density at radius 2 is 1.70 bits per heavy atom. The average molecular weight is 613 g/mol. The number of fused-ring (bicyclic) bond motifs is 3. The fourth-order valence-corrected chi connectivity index (χ4v) is 7.91. The highest BCUT2D eigenvalue weighted by Gasteiger charge is 2.42. The number of piperidine rings is 1. The molecule has 1 aliphatic carbocycles. The van der Waals surface area contributed by atoms with Gasteiger partial charge in [-0.2, -0.15) is 0 Å². The van der Waals surface area contributed by atoms with Gasteiger partial charge < -0.3 is 21.3 Å². The van der Waals surface area contributed by atoms with Gasteiger partial charge in [0.2, 0.25) is 5.91 Å². The number of rotatable bonds is 6. The van der Waals surface area contributed by atoms with Crippen molar-refractivity contribution in [2.75, 3.05) is 17.7 Å². The Balaban J connectivity index is 1.18. The van der Waals surface area contributed by atoms with Gasteiger partial charge in [-0.15, -0.1) is 0 Å². The number of imidazole rings is 1. The van der Waals surface area contributed by atoms with Gasteiger partial charge in [0.15, 0.2) is 11.5 Å². The fraction of sp³-hybridized carbons (Fsp3) is 0.351. The Kier molecular flexibility index (Phi) is 6.83. The van der Waals surface area contributed by atoms with Crippen LogP contribution in [0.2, 0.25) is 0 Å². The van der Waals surface area contributed by atoms with Crippen LogP contribution in [0.15, 0.2) is 79.0 Å². The molecule has 1 saturated carbocycles. The summed E-state index contributed by atoms with van der Waals surface area (Å²) in [5, 5.41) is 0. The second kappa shape index (κ2) is 10.9. The summed E-state index contributed by atoms with van der Waals surface area (Å²) in [6.45, 7) is 1.67. The van der Waals surface area contributed by atoms with Crippen LogP contribution in [-0.2, 0) is 10.3 Å². The number of hydrogen-bond donors (Lipinski definition) is 2. The minimum atomic E-state index is -0.235. The molecule has 1 amide bonds. The van der Waals surface area contributed by atoms with Crippen LogP contribution in [0.25, 0.3) is 39.5 Å². The molecule has 46 heavy (non-hydrogen) atoms. The Morgan fingerprint density at radius 1 is 0.935 bits per heavy atom. The molecular weight excluding hydrogens is 572 g/mol. The molecule has 5 aromatic rings. The maximum Gasteiger partial charge on any atom is 0.219 e. The molecule has 0 radical (unpaired) electrons. The van der Waals surface area contributed by atoms with Crippen molar-refractivity contribution >= 4 is 28.6 Å². The molecule has 2 aliphatic heterocycles. The van der Waals surface area contributed by atoms with Gasteiger partial charge in [0.1, 0.15) is 11.3 Å². The Bertz CT molecular complexity index is 1930. The summed E-state index contributed by atoms with van der Waals surface area (Å²) >= 11 is 0. The third kappa shape index (κ3) is 4.72. The number of benzene rings is 2. The topological polar surface area (TPSA) is 119 Å². The van der Waals surface area contributed by atoms with Crippen molar-refractivity contribution in [3.05, 3.63) is 84.6 Å². The molecule has 2 saturated heterocycles. The van der Waals surface area contributed by atoms with E-state index in [0.29, 0.717) is 29.8 Å². The van der Waals surface area contributed by atoms with E-state index in [-0.39, 0.29) is 11.4 Å². The highest BCUT2D eigenvalue weighted by atomic mass is 16.2. The molecule has 3 aromatic heterocycles. The van der Waals surface area contributed by atoms with E-state index >= 15 is 0 Å². The van der Waals surface area contributed by atoms with E-state index in [9.17, 15) is 4.79 Å². The molecule has 4 N–H and O–H groups in total. The number of pyridine rings is 2. The third-order valence-corrected chi connectivity index (χ3v) is 10.7. The van der Waals surface area contributed by atoms with Gasteiger partial charge >= 0.3 is 0 Å². The molecular formula is C37H40N8O. The first kappa shape index (κ1) is 28.7. The van der Waals surface area contributed by atoms with Crippen molar-refractivity contribution in [2.24, 2.45) is 5.73 Å². The molecule has 3 atom stereocenters. The zero-order chi connectivity index (χ0) is 31.6. The predicted octanol–water partition coefficient (Wildman–Crippen LogP) is 6.05. The molecule has 3 aliphatic rings. The van der Waals surface area contributed by atoms with E-state index in [4.69, 9.17) is 21.4 Å². The van der Waals surface area contributed by atoms with Crippen LogP contribution < -0.4 is 16.4 Å². The Labute approximate surface area is 269 Å². The molecule has 3 fully saturated rings. The van der Waals surface area contributed by atoms with Crippen LogP contribution in [-0.4, -0.2) is 55.5 Å². The van der Waals surface area contributed by atoms with E-state index in [1.165, 1.54) is 12.1 Å². The Morgan fingerprint density at radius 3 is 2.37 bits per heavy atom. The van der Waals surface area contributed by atoms with Crippen LogP contribution in [0.5, 0.6) is 0 Å². The van der Waals surface area contributed by atoms with Crippen molar-refractivity contribution in [1.82, 2.24) is 24.4 Å². The first-order valence-corrected chi connectivity index (χ1v) is 16.4. The van der Waals surface area contributed by atoms with Gasteiger partial charge in [0.05, 0.1) is 11.3 Å². The number of hydrogen-bond acceptors (Lipinski definition) is 7. The number of nitrogens with two attached hydrogens (primary N) is 2. The van der Waals surface area contributed by atoms with E-state index in [2.05, 4.69) is 69.0 Å². The molecule has 5 heterocycles. The predicted molar refractivity (Wildman–Crippen MR) is 182 cm³/mol. The maximum atomic E-state index is 12.1.